The van der Waals surface area contributed by atoms with Gasteiger partial charge in [0.05, 0.1) is 23.8 Å². The number of benzene rings is 2. The van der Waals surface area contributed by atoms with E-state index < -0.39 is 22.5 Å². The van der Waals surface area contributed by atoms with Crippen molar-refractivity contribution in [2.24, 2.45) is 5.10 Å². The van der Waals surface area contributed by atoms with Crippen LogP contribution in [0.4, 0.5) is 5.69 Å². The fourth-order valence-corrected chi connectivity index (χ4v) is 2.52. The molecule has 2 aromatic rings. The Labute approximate surface area is 172 Å². The van der Waals surface area contributed by atoms with Gasteiger partial charge in [0.25, 0.3) is 5.91 Å². The number of hydrogen-bond acceptors (Lipinski definition) is 8. The van der Waals surface area contributed by atoms with Crippen molar-refractivity contribution in [3.8, 4) is 17.2 Å². The second-order valence-corrected chi connectivity index (χ2v) is 6.17. The van der Waals surface area contributed by atoms with Gasteiger partial charge in [0, 0.05) is 6.92 Å². The first-order chi connectivity index (χ1) is 14.2. The molecule has 0 aliphatic heterocycles. The molecular weight excluding hydrogens is 394 g/mol. The number of esters is 1. The number of amides is 1. The molecule has 0 aliphatic carbocycles. The number of rotatable bonds is 8. The highest BCUT2D eigenvalue weighted by molar-refractivity contribution is 5.90. The summed E-state index contributed by atoms with van der Waals surface area (Å²) in [6.45, 7) is 4.70. The van der Waals surface area contributed by atoms with E-state index >= 15 is 0 Å². The quantitative estimate of drug-likeness (QED) is 0.231. The highest BCUT2D eigenvalue weighted by Crippen LogP contribution is 2.39. The van der Waals surface area contributed by atoms with Crippen LogP contribution in [0.15, 0.2) is 35.4 Å². The Morgan fingerprint density at radius 2 is 1.93 bits per heavy atom. The molecule has 0 unspecified atom stereocenters. The van der Waals surface area contributed by atoms with Crippen LogP contribution >= 0.6 is 0 Å². The van der Waals surface area contributed by atoms with Crippen molar-refractivity contribution in [3.63, 3.8) is 0 Å². The zero-order valence-corrected chi connectivity index (χ0v) is 16.9. The summed E-state index contributed by atoms with van der Waals surface area (Å²) in [5.41, 5.74) is 3.78. The maximum Gasteiger partial charge on any atom is 0.323 e. The summed E-state index contributed by atoms with van der Waals surface area (Å²) in [6.07, 6.45) is 1.09. The molecule has 0 aromatic heterocycles. The molecule has 0 radical (unpaired) electrons. The second kappa shape index (κ2) is 10.0. The molecule has 1 amide bonds. The van der Waals surface area contributed by atoms with E-state index in [-0.39, 0.29) is 23.7 Å². The van der Waals surface area contributed by atoms with Crippen LogP contribution in [0.3, 0.4) is 0 Å². The van der Waals surface area contributed by atoms with Gasteiger partial charge in [0.2, 0.25) is 5.75 Å². The van der Waals surface area contributed by atoms with E-state index in [2.05, 4.69) is 10.5 Å². The maximum absolute atomic E-state index is 12.0. The fraction of sp³-hybridized carbons (Fsp3) is 0.250. The monoisotopic (exact) mass is 415 g/mol. The zero-order chi connectivity index (χ0) is 22.3. The SMILES string of the molecule is COc1c(OC(C)=O)ccc(C=NNC(=O)COc2cccc(C)c2C)c1[N+](=O)[O-]. The van der Waals surface area contributed by atoms with Crippen molar-refractivity contribution in [1.29, 1.82) is 0 Å². The van der Waals surface area contributed by atoms with Gasteiger partial charge in [-0.2, -0.15) is 5.10 Å². The summed E-state index contributed by atoms with van der Waals surface area (Å²) in [5, 5.41) is 15.2. The van der Waals surface area contributed by atoms with Crippen molar-refractivity contribution in [1.82, 2.24) is 5.43 Å². The average Bonchev–Trinajstić information content (AvgIpc) is 2.69. The number of hydrogen-bond donors (Lipinski definition) is 1. The van der Waals surface area contributed by atoms with Crippen LogP contribution < -0.4 is 19.6 Å². The summed E-state index contributed by atoms with van der Waals surface area (Å²) in [4.78, 5) is 33.9. The molecule has 0 spiro atoms. The molecule has 0 saturated heterocycles. The van der Waals surface area contributed by atoms with Crippen LogP contribution in [0, 0.1) is 24.0 Å². The highest BCUT2D eigenvalue weighted by atomic mass is 16.6. The average molecular weight is 415 g/mol. The Hall–Kier alpha value is -3.95. The minimum absolute atomic E-state index is 0.0449. The Kier molecular flexibility index (Phi) is 7.45. The molecule has 0 fully saturated rings. The molecule has 0 saturated carbocycles. The highest BCUT2D eigenvalue weighted by Gasteiger charge is 2.25. The van der Waals surface area contributed by atoms with Crippen molar-refractivity contribution in [2.45, 2.75) is 20.8 Å². The molecule has 1 N–H and O–H groups in total. The lowest BCUT2D eigenvalue weighted by Gasteiger charge is -2.10. The van der Waals surface area contributed by atoms with E-state index in [9.17, 15) is 19.7 Å². The van der Waals surface area contributed by atoms with Crippen LogP contribution in [-0.2, 0) is 9.59 Å². The van der Waals surface area contributed by atoms with E-state index in [1.807, 2.05) is 26.0 Å². The summed E-state index contributed by atoms with van der Waals surface area (Å²) in [5.74, 6) is -0.947. The summed E-state index contributed by atoms with van der Waals surface area (Å²) >= 11 is 0. The molecule has 158 valence electrons. The molecule has 0 bridgehead atoms. The first-order valence-electron chi connectivity index (χ1n) is 8.79. The first-order valence-corrected chi connectivity index (χ1v) is 8.79. The fourth-order valence-electron chi connectivity index (χ4n) is 2.52. The van der Waals surface area contributed by atoms with E-state index in [1.54, 1.807) is 6.07 Å². The second-order valence-electron chi connectivity index (χ2n) is 6.17. The lowest BCUT2D eigenvalue weighted by molar-refractivity contribution is -0.385. The van der Waals surface area contributed by atoms with Gasteiger partial charge < -0.3 is 14.2 Å². The summed E-state index contributed by atoms with van der Waals surface area (Å²) in [7, 11) is 1.21. The Bertz CT molecular complexity index is 1000. The van der Waals surface area contributed by atoms with Gasteiger partial charge in [-0.05, 0) is 43.2 Å². The molecule has 10 heteroatoms. The predicted octanol–water partition coefficient (Wildman–Crippen LogP) is 2.67. The van der Waals surface area contributed by atoms with Crippen molar-refractivity contribution in [2.75, 3.05) is 13.7 Å². The number of methoxy groups -OCH3 is 1. The number of nitro benzene ring substituents is 1. The van der Waals surface area contributed by atoms with E-state index in [0.717, 1.165) is 24.3 Å². The number of carbonyl (C=O) groups is 2. The van der Waals surface area contributed by atoms with Crippen molar-refractivity contribution >= 4 is 23.8 Å². The maximum atomic E-state index is 12.0. The third kappa shape index (κ3) is 5.53. The first kappa shape index (κ1) is 22.3. The number of aryl methyl sites for hydroxylation is 1. The van der Waals surface area contributed by atoms with Gasteiger partial charge in [-0.1, -0.05) is 12.1 Å². The summed E-state index contributed by atoms with van der Waals surface area (Å²) in [6, 6.07) is 8.15. The Balaban J connectivity index is 2.11. The van der Waals surface area contributed by atoms with E-state index in [1.165, 1.54) is 19.2 Å². The van der Waals surface area contributed by atoms with Gasteiger partial charge in [0.1, 0.15) is 5.75 Å². The van der Waals surface area contributed by atoms with Gasteiger partial charge in [-0.3, -0.25) is 19.7 Å². The van der Waals surface area contributed by atoms with Gasteiger partial charge >= 0.3 is 11.7 Å². The number of nitrogens with zero attached hydrogens (tertiary/aromatic N) is 2. The van der Waals surface area contributed by atoms with Crippen molar-refractivity contribution < 1.29 is 28.7 Å². The topological polar surface area (TPSA) is 129 Å². The standard InChI is InChI=1S/C20H21N3O7/c1-12-6-5-7-16(13(12)2)29-11-18(25)22-21-10-15-8-9-17(30-14(3)24)20(28-4)19(15)23(26)27/h5-10H,11H2,1-4H3,(H,22,25). The molecule has 2 rings (SSSR count). The Morgan fingerprint density at radius 3 is 2.57 bits per heavy atom. The lowest BCUT2D eigenvalue weighted by atomic mass is 10.1. The van der Waals surface area contributed by atoms with Crippen LogP contribution in [0.1, 0.15) is 23.6 Å². The number of ether oxygens (including phenoxy) is 3. The predicted molar refractivity (Wildman–Crippen MR) is 108 cm³/mol. The molecule has 2 aromatic carbocycles. The number of nitro groups is 1. The normalized spacial score (nSPS) is 10.5. The molecule has 30 heavy (non-hydrogen) atoms. The van der Waals surface area contributed by atoms with E-state index in [4.69, 9.17) is 14.2 Å². The zero-order valence-electron chi connectivity index (χ0n) is 16.9. The molecule has 0 aliphatic rings. The van der Waals surface area contributed by atoms with E-state index in [0.29, 0.717) is 5.75 Å². The molecular formula is C20H21N3O7. The third-order valence-electron chi connectivity index (χ3n) is 4.07. The van der Waals surface area contributed by atoms with Crippen LogP contribution in [0.5, 0.6) is 17.2 Å². The van der Waals surface area contributed by atoms with Crippen LogP contribution in [0.25, 0.3) is 0 Å². The lowest BCUT2D eigenvalue weighted by Crippen LogP contribution is -2.24. The molecule has 10 nitrogen and oxygen atoms in total. The smallest absolute Gasteiger partial charge is 0.323 e. The minimum Gasteiger partial charge on any atom is -0.488 e. The molecule has 0 heterocycles. The largest absolute Gasteiger partial charge is 0.488 e. The molecule has 0 atom stereocenters. The van der Waals surface area contributed by atoms with Gasteiger partial charge in [-0.15, -0.1) is 0 Å². The number of hydrazone groups is 1. The van der Waals surface area contributed by atoms with Gasteiger partial charge in [-0.25, -0.2) is 5.43 Å². The van der Waals surface area contributed by atoms with Crippen molar-refractivity contribution in [3.05, 3.63) is 57.1 Å². The third-order valence-corrected chi connectivity index (χ3v) is 4.07. The minimum atomic E-state index is -0.696. The van der Waals surface area contributed by atoms with Crippen LogP contribution in [0.2, 0.25) is 0 Å². The summed E-state index contributed by atoms with van der Waals surface area (Å²) < 4.78 is 15.4. The Morgan fingerprint density at radius 1 is 1.20 bits per heavy atom. The van der Waals surface area contributed by atoms with Crippen LogP contribution in [-0.4, -0.2) is 36.7 Å². The van der Waals surface area contributed by atoms with Gasteiger partial charge in [0.15, 0.2) is 12.4 Å². The number of carbonyl (C=O) groups excluding carboxylic acids is 2. The number of nitrogens with one attached hydrogen (secondary N) is 1.